The van der Waals surface area contributed by atoms with Gasteiger partial charge in [0.2, 0.25) is 0 Å². The van der Waals surface area contributed by atoms with Crippen LogP contribution in [0.5, 0.6) is 0 Å². The highest BCUT2D eigenvalue weighted by molar-refractivity contribution is 5.98. The van der Waals surface area contributed by atoms with E-state index >= 15 is 0 Å². The molecule has 0 spiro atoms. The Morgan fingerprint density at radius 3 is 2.65 bits per heavy atom. The molecule has 0 saturated heterocycles. The number of hydrogen-bond donors (Lipinski definition) is 0. The molecule has 20 heavy (non-hydrogen) atoms. The van der Waals surface area contributed by atoms with E-state index in [0.717, 1.165) is 0 Å². The maximum absolute atomic E-state index is 13.8. The topological polar surface area (TPSA) is 75.1 Å². The second-order valence-electron chi connectivity index (χ2n) is 3.89. The lowest BCUT2D eigenvalue weighted by Crippen LogP contribution is -2.04. The zero-order valence-corrected chi connectivity index (χ0v) is 10.6. The third kappa shape index (κ3) is 2.60. The first kappa shape index (κ1) is 13.6. The third-order valence-electron chi connectivity index (χ3n) is 2.73. The molecule has 0 aliphatic heterocycles. The molecule has 6 heteroatoms. The summed E-state index contributed by atoms with van der Waals surface area (Å²) in [6, 6.07) is 10.5. The van der Waals surface area contributed by atoms with Gasteiger partial charge in [-0.1, -0.05) is 35.4 Å². The van der Waals surface area contributed by atoms with Gasteiger partial charge in [-0.05, 0) is 23.2 Å². The Hall–Kier alpha value is -2.85. The molecule has 2 rings (SSSR count). The minimum absolute atomic E-state index is 0.141. The molecular formula is C14H10FN3O2. The van der Waals surface area contributed by atoms with Gasteiger partial charge < -0.3 is 4.74 Å². The van der Waals surface area contributed by atoms with Gasteiger partial charge in [-0.15, -0.1) is 0 Å². The van der Waals surface area contributed by atoms with Crippen molar-refractivity contribution in [2.45, 2.75) is 0 Å². The van der Waals surface area contributed by atoms with Crippen LogP contribution in [-0.2, 0) is 4.74 Å². The minimum atomic E-state index is -0.627. The van der Waals surface area contributed by atoms with Gasteiger partial charge in [-0.3, -0.25) is 0 Å². The summed E-state index contributed by atoms with van der Waals surface area (Å²) in [7, 11) is 1.23. The van der Waals surface area contributed by atoms with E-state index in [2.05, 4.69) is 14.8 Å². The van der Waals surface area contributed by atoms with Crippen molar-refractivity contribution in [1.82, 2.24) is 0 Å². The lowest BCUT2D eigenvalue weighted by Gasteiger charge is -2.09. The van der Waals surface area contributed by atoms with Crippen molar-refractivity contribution in [2.24, 2.45) is 5.11 Å². The van der Waals surface area contributed by atoms with Gasteiger partial charge in [-0.2, -0.15) is 0 Å². The summed E-state index contributed by atoms with van der Waals surface area (Å²) in [5, 5.41) is 3.42. The van der Waals surface area contributed by atoms with Crippen molar-refractivity contribution >= 4 is 11.7 Å². The molecule has 0 aliphatic rings. The van der Waals surface area contributed by atoms with Crippen LogP contribution in [0.1, 0.15) is 10.4 Å². The van der Waals surface area contributed by atoms with Crippen LogP contribution in [0.15, 0.2) is 47.6 Å². The Morgan fingerprint density at radius 2 is 2.00 bits per heavy atom. The number of esters is 1. The Bertz CT molecular complexity index is 709. The molecule has 0 radical (unpaired) electrons. The summed E-state index contributed by atoms with van der Waals surface area (Å²) in [5.41, 5.74) is 9.48. The molecule has 2 aromatic rings. The van der Waals surface area contributed by atoms with E-state index in [9.17, 15) is 9.18 Å². The van der Waals surface area contributed by atoms with Gasteiger partial charge in [0, 0.05) is 16.2 Å². The van der Waals surface area contributed by atoms with Crippen LogP contribution in [0.4, 0.5) is 10.1 Å². The predicted molar refractivity (Wildman–Crippen MR) is 72.0 cm³/mol. The van der Waals surface area contributed by atoms with E-state index in [1.54, 1.807) is 18.2 Å². The van der Waals surface area contributed by atoms with Crippen molar-refractivity contribution in [3.63, 3.8) is 0 Å². The number of methoxy groups -OCH3 is 1. The number of azide groups is 1. The zero-order chi connectivity index (χ0) is 14.5. The summed E-state index contributed by atoms with van der Waals surface area (Å²) in [6.45, 7) is 0. The molecule has 0 bridgehead atoms. The normalized spacial score (nSPS) is 9.70. The number of nitrogens with zero attached hydrogens (tertiary/aromatic N) is 3. The predicted octanol–water partition coefficient (Wildman–Crippen LogP) is 4.22. The second kappa shape index (κ2) is 5.86. The number of halogens is 1. The number of rotatable bonds is 3. The minimum Gasteiger partial charge on any atom is -0.465 e. The molecule has 0 N–H and O–H groups in total. The van der Waals surface area contributed by atoms with E-state index in [1.807, 2.05) is 0 Å². The zero-order valence-electron chi connectivity index (χ0n) is 10.6. The van der Waals surface area contributed by atoms with Gasteiger partial charge in [0.15, 0.2) is 0 Å². The molecule has 0 amide bonds. The fraction of sp³-hybridized carbons (Fsp3) is 0.0714. The van der Waals surface area contributed by atoms with E-state index in [0.29, 0.717) is 5.56 Å². The molecule has 0 unspecified atom stereocenters. The molecule has 0 fully saturated rings. The SMILES string of the molecule is COC(=O)c1cc(N=[N+]=[N-])ccc1-c1ccccc1F. The lowest BCUT2D eigenvalue weighted by molar-refractivity contribution is 0.0601. The van der Waals surface area contributed by atoms with E-state index < -0.39 is 11.8 Å². The van der Waals surface area contributed by atoms with Crippen molar-refractivity contribution in [3.8, 4) is 11.1 Å². The monoisotopic (exact) mass is 271 g/mol. The lowest BCUT2D eigenvalue weighted by atomic mass is 9.98. The van der Waals surface area contributed by atoms with E-state index in [4.69, 9.17) is 5.53 Å². The molecule has 5 nitrogen and oxygen atoms in total. The highest BCUT2D eigenvalue weighted by Crippen LogP contribution is 2.30. The number of ether oxygens (including phenoxy) is 1. The van der Waals surface area contributed by atoms with Gasteiger partial charge in [0.05, 0.1) is 12.7 Å². The summed E-state index contributed by atoms with van der Waals surface area (Å²) >= 11 is 0. The Kier molecular flexibility index (Phi) is 3.98. The Morgan fingerprint density at radius 1 is 1.25 bits per heavy atom. The molecule has 0 aliphatic carbocycles. The summed E-state index contributed by atoms with van der Waals surface area (Å²) in [5.74, 6) is -1.08. The number of carbonyl (C=O) groups is 1. The Labute approximate surface area is 114 Å². The van der Waals surface area contributed by atoms with Crippen LogP contribution >= 0.6 is 0 Å². The fourth-order valence-electron chi connectivity index (χ4n) is 1.84. The van der Waals surface area contributed by atoms with Gasteiger partial charge >= 0.3 is 5.97 Å². The van der Waals surface area contributed by atoms with Crippen molar-refractivity contribution in [2.75, 3.05) is 7.11 Å². The molecule has 0 aromatic heterocycles. The average molecular weight is 271 g/mol. The maximum Gasteiger partial charge on any atom is 0.338 e. The third-order valence-corrected chi connectivity index (χ3v) is 2.73. The molecule has 100 valence electrons. The van der Waals surface area contributed by atoms with Crippen LogP contribution < -0.4 is 0 Å². The van der Waals surface area contributed by atoms with Crippen LogP contribution in [0, 0.1) is 5.82 Å². The maximum atomic E-state index is 13.8. The first-order valence-corrected chi connectivity index (χ1v) is 5.69. The number of carbonyl (C=O) groups excluding carboxylic acids is 1. The molecular weight excluding hydrogens is 261 g/mol. The second-order valence-corrected chi connectivity index (χ2v) is 3.89. The largest absolute Gasteiger partial charge is 0.465 e. The van der Waals surface area contributed by atoms with Crippen molar-refractivity contribution < 1.29 is 13.9 Å². The van der Waals surface area contributed by atoms with E-state index in [1.165, 1.54) is 31.4 Å². The first-order valence-electron chi connectivity index (χ1n) is 5.69. The smallest absolute Gasteiger partial charge is 0.338 e. The summed E-state index contributed by atoms with van der Waals surface area (Å²) < 4.78 is 18.5. The summed E-state index contributed by atoms with van der Waals surface area (Å²) in [4.78, 5) is 14.4. The molecule has 0 atom stereocenters. The molecule has 0 heterocycles. The van der Waals surface area contributed by atoms with E-state index in [-0.39, 0.29) is 16.8 Å². The number of hydrogen-bond acceptors (Lipinski definition) is 3. The van der Waals surface area contributed by atoms with Crippen LogP contribution in [0.3, 0.4) is 0 Å². The quantitative estimate of drug-likeness (QED) is 0.362. The van der Waals surface area contributed by atoms with Crippen LogP contribution in [0.25, 0.3) is 21.6 Å². The Balaban J connectivity index is 2.66. The fourth-order valence-corrected chi connectivity index (χ4v) is 1.84. The standard InChI is InChI=1S/C14H10FN3O2/c1-20-14(19)12-8-9(17-18-16)6-7-10(12)11-4-2-3-5-13(11)15/h2-8H,1H3. The highest BCUT2D eigenvalue weighted by atomic mass is 19.1. The summed E-state index contributed by atoms with van der Waals surface area (Å²) in [6.07, 6.45) is 0. The highest BCUT2D eigenvalue weighted by Gasteiger charge is 2.16. The van der Waals surface area contributed by atoms with Gasteiger partial charge in [0.1, 0.15) is 5.82 Å². The van der Waals surface area contributed by atoms with Gasteiger partial charge in [0.25, 0.3) is 0 Å². The molecule has 2 aromatic carbocycles. The number of benzene rings is 2. The van der Waals surface area contributed by atoms with Crippen LogP contribution in [-0.4, -0.2) is 13.1 Å². The first-order chi connectivity index (χ1) is 9.67. The molecule has 0 saturated carbocycles. The van der Waals surface area contributed by atoms with Crippen molar-refractivity contribution in [1.29, 1.82) is 0 Å². The van der Waals surface area contributed by atoms with Gasteiger partial charge in [-0.25, -0.2) is 9.18 Å². The average Bonchev–Trinajstić information content (AvgIpc) is 2.47. The van der Waals surface area contributed by atoms with Crippen LogP contribution in [0.2, 0.25) is 0 Å². The van der Waals surface area contributed by atoms with Crippen molar-refractivity contribution in [3.05, 3.63) is 64.3 Å².